The monoisotopic (exact) mass is 235 g/mol. The van der Waals surface area contributed by atoms with Crippen LogP contribution in [-0.4, -0.2) is 17.3 Å². The second kappa shape index (κ2) is 4.97. The van der Waals surface area contributed by atoms with E-state index in [0.29, 0.717) is 11.6 Å². The molecule has 90 valence electrons. The lowest BCUT2D eigenvalue weighted by Gasteiger charge is -2.19. The molecule has 3 N–H and O–H groups in total. The van der Waals surface area contributed by atoms with Crippen LogP contribution in [0.1, 0.15) is 5.56 Å². The molecule has 0 saturated heterocycles. The molecule has 1 aliphatic carbocycles. The molecule has 17 heavy (non-hydrogen) atoms. The highest BCUT2D eigenvalue weighted by Gasteiger charge is 2.20. The van der Waals surface area contributed by atoms with Gasteiger partial charge in [0.15, 0.2) is 12.3 Å². The molecule has 0 bridgehead atoms. The molecule has 0 saturated carbocycles. The van der Waals surface area contributed by atoms with E-state index in [9.17, 15) is 4.39 Å². The van der Waals surface area contributed by atoms with Gasteiger partial charge in [-0.15, -0.1) is 0 Å². The lowest BCUT2D eigenvalue weighted by Crippen LogP contribution is -2.26. The molecule has 2 atom stereocenters. The molecule has 0 radical (unpaired) electrons. The first-order chi connectivity index (χ1) is 8.20. The first-order valence-corrected chi connectivity index (χ1v) is 5.29. The molecule has 0 fully saturated rings. The lowest BCUT2D eigenvalue weighted by atomic mass is 10.1. The van der Waals surface area contributed by atoms with Crippen molar-refractivity contribution in [1.29, 1.82) is 0 Å². The van der Waals surface area contributed by atoms with Crippen LogP contribution in [0.2, 0.25) is 0 Å². The van der Waals surface area contributed by atoms with E-state index in [1.54, 1.807) is 30.5 Å². The van der Waals surface area contributed by atoms with Crippen molar-refractivity contribution in [2.45, 2.75) is 19.2 Å². The number of ether oxygens (including phenoxy) is 1. The number of rotatable bonds is 3. The SMILES string of the molecule is Cc1cc(OC2C=CC=CC2F)ncc1NN. The zero-order chi connectivity index (χ0) is 12.3. The molecular weight excluding hydrogens is 221 g/mol. The number of nitrogens with two attached hydrogens (primary N) is 1. The molecule has 1 aromatic rings. The Balaban J connectivity index is 2.11. The summed E-state index contributed by atoms with van der Waals surface area (Å²) in [7, 11) is 0. The molecule has 2 unspecified atom stereocenters. The van der Waals surface area contributed by atoms with Gasteiger partial charge in [0.25, 0.3) is 0 Å². The maximum atomic E-state index is 13.5. The van der Waals surface area contributed by atoms with Crippen molar-refractivity contribution in [3.8, 4) is 5.88 Å². The van der Waals surface area contributed by atoms with Gasteiger partial charge >= 0.3 is 0 Å². The number of aryl methyl sites for hydroxylation is 1. The van der Waals surface area contributed by atoms with Gasteiger partial charge in [-0.2, -0.15) is 0 Å². The number of hydrogen-bond donors (Lipinski definition) is 2. The third kappa shape index (κ3) is 2.62. The van der Waals surface area contributed by atoms with Crippen molar-refractivity contribution < 1.29 is 9.13 Å². The van der Waals surface area contributed by atoms with E-state index in [-0.39, 0.29) is 0 Å². The molecule has 5 heteroatoms. The molecule has 0 amide bonds. The predicted molar refractivity (Wildman–Crippen MR) is 64.4 cm³/mol. The van der Waals surface area contributed by atoms with Crippen LogP contribution in [0, 0.1) is 6.92 Å². The Bertz CT molecular complexity index is 459. The summed E-state index contributed by atoms with van der Waals surface area (Å²) >= 11 is 0. The second-order valence-corrected chi connectivity index (χ2v) is 3.78. The van der Waals surface area contributed by atoms with E-state index < -0.39 is 12.3 Å². The summed E-state index contributed by atoms with van der Waals surface area (Å²) in [5.41, 5.74) is 4.13. The summed E-state index contributed by atoms with van der Waals surface area (Å²) in [6, 6.07) is 1.72. The first-order valence-electron chi connectivity index (χ1n) is 5.29. The fourth-order valence-corrected chi connectivity index (χ4v) is 1.55. The topological polar surface area (TPSA) is 60.2 Å². The van der Waals surface area contributed by atoms with E-state index >= 15 is 0 Å². The van der Waals surface area contributed by atoms with Crippen LogP contribution in [-0.2, 0) is 0 Å². The Labute approximate surface area is 99.0 Å². The smallest absolute Gasteiger partial charge is 0.214 e. The highest BCUT2D eigenvalue weighted by Crippen LogP contribution is 2.20. The van der Waals surface area contributed by atoms with Crippen molar-refractivity contribution in [2.24, 2.45) is 5.84 Å². The zero-order valence-corrected chi connectivity index (χ0v) is 9.43. The summed E-state index contributed by atoms with van der Waals surface area (Å²) in [6.45, 7) is 1.87. The van der Waals surface area contributed by atoms with Gasteiger partial charge < -0.3 is 10.2 Å². The van der Waals surface area contributed by atoms with Gasteiger partial charge in [0.1, 0.15) is 0 Å². The number of pyridine rings is 1. The highest BCUT2D eigenvalue weighted by atomic mass is 19.1. The Morgan fingerprint density at radius 2 is 2.18 bits per heavy atom. The summed E-state index contributed by atoms with van der Waals surface area (Å²) in [6.07, 6.45) is 6.32. The molecule has 0 aromatic carbocycles. The Morgan fingerprint density at radius 3 is 2.82 bits per heavy atom. The van der Waals surface area contributed by atoms with E-state index in [1.165, 1.54) is 6.08 Å². The molecule has 1 aliphatic rings. The molecule has 0 spiro atoms. The standard InChI is InChI=1S/C12H14FN3O/c1-8-6-12(15-7-10(8)16-14)17-11-5-3-2-4-9(11)13/h2-7,9,11,16H,14H2,1H3. The van der Waals surface area contributed by atoms with Crippen LogP contribution >= 0.6 is 0 Å². The van der Waals surface area contributed by atoms with E-state index in [2.05, 4.69) is 10.4 Å². The summed E-state index contributed by atoms with van der Waals surface area (Å²) in [5, 5.41) is 0. The minimum Gasteiger partial charge on any atom is -0.467 e. The van der Waals surface area contributed by atoms with Gasteiger partial charge in [0, 0.05) is 6.07 Å². The molecule has 1 heterocycles. The Hall–Kier alpha value is -1.88. The Morgan fingerprint density at radius 1 is 1.41 bits per heavy atom. The number of aromatic nitrogens is 1. The van der Waals surface area contributed by atoms with Crippen LogP contribution in [0.15, 0.2) is 36.6 Å². The van der Waals surface area contributed by atoms with Crippen molar-refractivity contribution in [3.63, 3.8) is 0 Å². The molecule has 0 aliphatic heterocycles. The van der Waals surface area contributed by atoms with Crippen molar-refractivity contribution in [1.82, 2.24) is 4.98 Å². The second-order valence-electron chi connectivity index (χ2n) is 3.78. The number of hydrogen-bond acceptors (Lipinski definition) is 4. The molecule has 4 nitrogen and oxygen atoms in total. The maximum absolute atomic E-state index is 13.5. The van der Waals surface area contributed by atoms with Crippen LogP contribution in [0.4, 0.5) is 10.1 Å². The van der Waals surface area contributed by atoms with Crippen molar-refractivity contribution in [3.05, 3.63) is 42.1 Å². The largest absolute Gasteiger partial charge is 0.467 e. The van der Waals surface area contributed by atoms with Crippen molar-refractivity contribution >= 4 is 5.69 Å². The molecule has 1 aromatic heterocycles. The number of anilines is 1. The lowest BCUT2D eigenvalue weighted by molar-refractivity contribution is 0.158. The average molecular weight is 235 g/mol. The predicted octanol–water partition coefficient (Wildman–Crippen LogP) is 1.89. The van der Waals surface area contributed by atoms with Gasteiger partial charge in [0.2, 0.25) is 5.88 Å². The molecular formula is C12H14FN3O. The van der Waals surface area contributed by atoms with E-state index in [4.69, 9.17) is 10.6 Å². The summed E-state index contributed by atoms with van der Waals surface area (Å²) in [4.78, 5) is 4.05. The number of hydrazine groups is 1. The van der Waals surface area contributed by atoms with Gasteiger partial charge in [-0.05, 0) is 24.6 Å². The summed E-state index contributed by atoms with van der Waals surface area (Å²) < 4.78 is 18.9. The fraction of sp³-hybridized carbons (Fsp3) is 0.250. The molecule has 2 rings (SSSR count). The number of allylic oxidation sites excluding steroid dienone is 2. The normalized spacial score (nSPS) is 22.5. The minimum absolute atomic E-state index is 0.383. The van der Waals surface area contributed by atoms with E-state index in [1.807, 2.05) is 6.92 Å². The summed E-state index contributed by atoms with van der Waals surface area (Å²) in [5.74, 6) is 5.68. The van der Waals surface area contributed by atoms with Gasteiger partial charge in [0.05, 0.1) is 11.9 Å². The van der Waals surface area contributed by atoms with Gasteiger partial charge in [-0.3, -0.25) is 5.84 Å². The Kier molecular flexibility index (Phi) is 3.39. The van der Waals surface area contributed by atoms with E-state index in [0.717, 1.165) is 5.56 Å². The highest BCUT2D eigenvalue weighted by molar-refractivity contribution is 5.49. The number of nitrogen functional groups attached to an aromatic ring is 1. The van der Waals surface area contributed by atoms with Crippen LogP contribution in [0.25, 0.3) is 0 Å². The van der Waals surface area contributed by atoms with Gasteiger partial charge in [-0.25, -0.2) is 9.37 Å². The van der Waals surface area contributed by atoms with Gasteiger partial charge in [-0.1, -0.05) is 12.2 Å². The average Bonchev–Trinajstić information content (AvgIpc) is 2.32. The van der Waals surface area contributed by atoms with Crippen LogP contribution in [0.3, 0.4) is 0 Å². The fourth-order valence-electron chi connectivity index (χ4n) is 1.55. The number of nitrogens with zero attached hydrogens (tertiary/aromatic N) is 1. The zero-order valence-electron chi connectivity index (χ0n) is 9.43. The minimum atomic E-state index is -1.14. The quantitative estimate of drug-likeness (QED) is 0.620. The maximum Gasteiger partial charge on any atom is 0.214 e. The first kappa shape index (κ1) is 11.6. The number of halogens is 1. The third-order valence-electron chi connectivity index (χ3n) is 2.52. The van der Waals surface area contributed by atoms with Crippen molar-refractivity contribution in [2.75, 3.05) is 5.43 Å². The third-order valence-corrected chi connectivity index (χ3v) is 2.52. The van der Waals surface area contributed by atoms with Crippen LogP contribution < -0.4 is 16.0 Å². The number of nitrogens with one attached hydrogen (secondary N) is 1. The number of alkyl halides is 1. The van der Waals surface area contributed by atoms with Crippen LogP contribution in [0.5, 0.6) is 5.88 Å².